The second-order valence-corrected chi connectivity index (χ2v) is 5.86. The zero-order valence-corrected chi connectivity index (χ0v) is 13.1. The number of benzene rings is 1. The molecule has 10 heteroatoms. The van der Waals surface area contributed by atoms with Crippen LogP contribution in [-0.4, -0.2) is 21.4 Å². The van der Waals surface area contributed by atoms with E-state index in [4.69, 9.17) is 23.2 Å². The number of ether oxygens (including phenoxy) is 1. The van der Waals surface area contributed by atoms with Crippen LogP contribution < -0.4 is 4.74 Å². The normalized spacial score (nSPS) is 11.6. The summed E-state index contributed by atoms with van der Waals surface area (Å²) in [5.74, 6) is -1.02. The second kappa shape index (κ2) is 5.60. The number of fused-ring (bicyclic) bond motifs is 1. The van der Waals surface area contributed by atoms with Crippen molar-refractivity contribution in [3.8, 4) is 17.1 Å². The van der Waals surface area contributed by atoms with Gasteiger partial charge in [0, 0.05) is 7.05 Å². The van der Waals surface area contributed by atoms with E-state index in [1.165, 1.54) is 12.6 Å². The molecule has 0 unspecified atom stereocenters. The Morgan fingerprint density at radius 3 is 2.77 bits per heavy atom. The highest BCUT2D eigenvalue weighted by molar-refractivity contribution is 7.17. The van der Waals surface area contributed by atoms with E-state index >= 15 is 0 Å². The molecule has 3 aromatic rings. The summed E-state index contributed by atoms with van der Waals surface area (Å²) in [7, 11) is 1.37. The van der Waals surface area contributed by atoms with Crippen LogP contribution in [0.25, 0.3) is 21.5 Å². The van der Waals surface area contributed by atoms with Crippen molar-refractivity contribution in [2.75, 3.05) is 0 Å². The highest BCUT2D eigenvalue weighted by Gasteiger charge is 2.25. The molecule has 0 saturated carbocycles. The molecule has 22 heavy (non-hydrogen) atoms. The van der Waals surface area contributed by atoms with E-state index in [9.17, 15) is 13.2 Å². The maximum atomic E-state index is 14.3. The highest BCUT2D eigenvalue weighted by Crippen LogP contribution is 2.42. The van der Waals surface area contributed by atoms with Crippen molar-refractivity contribution in [3.05, 3.63) is 27.4 Å². The summed E-state index contributed by atoms with van der Waals surface area (Å²) in [5, 5.41) is 3.91. The quantitative estimate of drug-likeness (QED) is 0.670. The van der Waals surface area contributed by atoms with Crippen molar-refractivity contribution in [3.63, 3.8) is 0 Å². The molecule has 3 rings (SSSR count). The minimum atomic E-state index is -3.07. The SMILES string of the molecule is Cn1nc(-c2c(F)cc(Cl)c3ncsc23)c(Cl)c1OC(F)F. The van der Waals surface area contributed by atoms with E-state index in [0.29, 0.717) is 10.2 Å². The zero-order chi connectivity index (χ0) is 16.0. The van der Waals surface area contributed by atoms with Gasteiger partial charge in [-0.15, -0.1) is 11.3 Å². The van der Waals surface area contributed by atoms with Gasteiger partial charge in [0.1, 0.15) is 22.1 Å². The molecule has 0 saturated heterocycles. The van der Waals surface area contributed by atoms with Crippen LogP contribution in [0.5, 0.6) is 5.88 Å². The lowest BCUT2D eigenvalue weighted by Gasteiger charge is -2.04. The predicted octanol–water partition coefficient (Wildman–Crippen LogP) is 4.74. The van der Waals surface area contributed by atoms with Gasteiger partial charge in [-0.05, 0) is 6.07 Å². The van der Waals surface area contributed by atoms with Gasteiger partial charge in [0.15, 0.2) is 0 Å². The van der Waals surface area contributed by atoms with E-state index in [0.717, 1.165) is 22.1 Å². The number of halogens is 5. The van der Waals surface area contributed by atoms with Crippen LogP contribution in [0.1, 0.15) is 0 Å². The minimum absolute atomic E-state index is 0.0109. The van der Waals surface area contributed by atoms with Crippen LogP contribution in [-0.2, 0) is 7.05 Å². The smallest absolute Gasteiger partial charge is 0.388 e. The molecule has 0 bridgehead atoms. The first-order chi connectivity index (χ1) is 10.4. The minimum Gasteiger partial charge on any atom is -0.416 e. The Labute approximate surface area is 136 Å². The topological polar surface area (TPSA) is 39.9 Å². The van der Waals surface area contributed by atoms with Gasteiger partial charge >= 0.3 is 6.61 Å². The van der Waals surface area contributed by atoms with Crippen molar-refractivity contribution in [2.45, 2.75) is 6.61 Å². The Bertz CT molecular complexity index is 865. The van der Waals surface area contributed by atoms with Crippen LogP contribution in [0, 0.1) is 5.82 Å². The summed E-state index contributed by atoms with van der Waals surface area (Å²) in [6.07, 6.45) is 0. The molecule has 4 nitrogen and oxygen atoms in total. The largest absolute Gasteiger partial charge is 0.416 e. The molecule has 0 aliphatic rings. The van der Waals surface area contributed by atoms with Gasteiger partial charge in [0.2, 0.25) is 5.88 Å². The Hall–Kier alpha value is -1.51. The lowest BCUT2D eigenvalue weighted by Crippen LogP contribution is -2.06. The Morgan fingerprint density at radius 2 is 2.09 bits per heavy atom. The third kappa shape index (κ3) is 2.41. The summed E-state index contributed by atoms with van der Waals surface area (Å²) in [6, 6.07) is 1.08. The first-order valence-corrected chi connectivity index (χ1v) is 7.42. The Morgan fingerprint density at radius 1 is 1.36 bits per heavy atom. The first-order valence-electron chi connectivity index (χ1n) is 5.79. The lowest BCUT2D eigenvalue weighted by atomic mass is 10.1. The lowest BCUT2D eigenvalue weighted by molar-refractivity contribution is -0.0552. The summed E-state index contributed by atoms with van der Waals surface area (Å²) < 4.78 is 44.9. The monoisotopic (exact) mass is 367 g/mol. The van der Waals surface area contributed by atoms with Gasteiger partial charge < -0.3 is 4.74 Å². The third-order valence-electron chi connectivity index (χ3n) is 2.89. The van der Waals surface area contributed by atoms with Gasteiger partial charge in [0.25, 0.3) is 0 Å². The number of hydrogen-bond donors (Lipinski definition) is 0. The molecule has 0 spiro atoms. The number of nitrogens with zero attached hydrogens (tertiary/aromatic N) is 3. The molecule has 0 radical (unpaired) electrons. The number of hydrogen-bond acceptors (Lipinski definition) is 4. The van der Waals surface area contributed by atoms with Gasteiger partial charge in [-0.2, -0.15) is 13.9 Å². The van der Waals surface area contributed by atoms with E-state index in [2.05, 4.69) is 14.8 Å². The van der Waals surface area contributed by atoms with Crippen molar-refractivity contribution in [2.24, 2.45) is 7.05 Å². The number of thiazole rings is 1. The predicted molar refractivity (Wildman–Crippen MR) is 78.4 cm³/mol. The summed E-state index contributed by atoms with van der Waals surface area (Å²) in [5.41, 5.74) is 1.92. The molecule has 0 N–H and O–H groups in total. The van der Waals surface area contributed by atoms with Gasteiger partial charge in [-0.25, -0.2) is 14.1 Å². The van der Waals surface area contributed by atoms with E-state index in [-0.39, 0.29) is 27.2 Å². The van der Waals surface area contributed by atoms with Crippen LogP contribution in [0.4, 0.5) is 13.2 Å². The molecule has 2 aromatic heterocycles. The molecule has 0 atom stereocenters. The molecule has 0 amide bonds. The van der Waals surface area contributed by atoms with E-state index < -0.39 is 12.4 Å². The standard InChI is InChI=1S/C12H6Cl2F3N3OS/c1-20-11(21-12(16)17)7(14)9(19-20)6-5(15)2-4(13)8-10(6)22-3-18-8/h2-3,12H,1H3. The fourth-order valence-corrected chi connectivity index (χ4v) is 3.47. The molecular formula is C12H6Cl2F3N3OS. The number of aryl methyl sites for hydroxylation is 1. The molecular weight excluding hydrogens is 362 g/mol. The number of alkyl halides is 2. The van der Waals surface area contributed by atoms with Crippen LogP contribution in [0.2, 0.25) is 10.0 Å². The van der Waals surface area contributed by atoms with E-state index in [1.807, 2.05) is 0 Å². The average Bonchev–Trinajstić information content (AvgIpc) is 3.00. The van der Waals surface area contributed by atoms with Gasteiger partial charge in [-0.1, -0.05) is 23.2 Å². The third-order valence-corrected chi connectivity index (χ3v) is 4.36. The van der Waals surface area contributed by atoms with Crippen molar-refractivity contribution >= 4 is 44.8 Å². The Kier molecular flexibility index (Phi) is 3.92. The maximum absolute atomic E-state index is 14.3. The van der Waals surface area contributed by atoms with Crippen LogP contribution >= 0.6 is 34.5 Å². The molecule has 0 fully saturated rings. The van der Waals surface area contributed by atoms with Crippen molar-refractivity contribution < 1.29 is 17.9 Å². The summed E-state index contributed by atoms with van der Waals surface area (Å²) in [6.45, 7) is -3.07. The van der Waals surface area contributed by atoms with Crippen molar-refractivity contribution in [1.82, 2.24) is 14.8 Å². The van der Waals surface area contributed by atoms with Crippen molar-refractivity contribution in [1.29, 1.82) is 0 Å². The summed E-state index contributed by atoms with van der Waals surface area (Å²) in [4.78, 5) is 4.04. The van der Waals surface area contributed by atoms with E-state index in [1.54, 1.807) is 0 Å². The van der Waals surface area contributed by atoms with Gasteiger partial charge in [-0.3, -0.25) is 0 Å². The average molecular weight is 368 g/mol. The molecule has 0 aliphatic carbocycles. The highest BCUT2D eigenvalue weighted by atomic mass is 35.5. The zero-order valence-electron chi connectivity index (χ0n) is 10.8. The van der Waals surface area contributed by atoms with Crippen LogP contribution in [0.15, 0.2) is 11.6 Å². The van der Waals surface area contributed by atoms with Gasteiger partial charge in [0.05, 0.1) is 20.8 Å². The summed E-state index contributed by atoms with van der Waals surface area (Å²) >= 11 is 13.1. The molecule has 2 heterocycles. The molecule has 0 aliphatic heterocycles. The molecule has 116 valence electrons. The first kappa shape index (κ1) is 15.4. The maximum Gasteiger partial charge on any atom is 0.388 e. The Balaban J connectivity index is 2.27. The molecule has 1 aromatic carbocycles. The fraction of sp³-hybridized carbons (Fsp3) is 0.167. The van der Waals surface area contributed by atoms with Crippen LogP contribution in [0.3, 0.4) is 0 Å². The number of rotatable bonds is 3. The second-order valence-electron chi connectivity index (χ2n) is 4.22. The fourth-order valence-electron chi connectivity index (χ4n) is 2.03. The number of aromatic nitrogens is 3.